The van der Waals surface area contributed by atoms with E-state index in [0.717, 1.165) is 16.7 Å². The Morgan fingerprint density at radius 3 is 1.97 bits per heavy atom. The van der Waals surface area contributed by atoms with Crippen molar-refractivity contribution >= 4 is 11.8 Å². The van der Waals surface area contributed by atoms with Crippen LogP contribution in [0.4, 0.5) is 0 Å². The van der Waals surface area contributed by atoms with Crippen LogP contribution in [0.5, 0.6) is 0 Å². The van der Waals surface area contributed by atoms with Crippen molar-refractivity contribution in [3.05, 3.63) is 108 Å². The number of aliphatic hydroxyl groups is 1. The van der Waals surface area contributed by atoms with Gasteiger partial charge in [-0.05, 0) is 11.1 Å². The number of amides is 2. The number of hydrogen-bond donors (Lipinski definition) is 1. The number of carbonyl (C=O) groups is 2. The van der Waals surface area contributed by atoms with Crippen LogP contribution in [-0.4, -0.2) is 89.7 Å². The molecule has 1 N–H and O–H groups in total. The molecule has 2 amide bonds. The molecule has 3 atom stereocenters. The van der Waals surface area contributed by atoms with Gasteiger partial charge in [-0.15, -0.1) is 0 Å². The van der Waals surface area contributed by atoms with Gasteiger partial charge in [0.1, 0.15) is 0 Å². The van der Waals surface area contributed by atoms with Crippen LogP contribution in [0.1, 0.15) is 22.7 Å². The summed E-state index contributed by atoms with van der Waals surface area (Å²) in [5.74, 6) is -1.75. The third-order valence-corrected chi connectivity index (χ3v) is 7.91. The topological polar surface area (TPSA) is 82.6 Å². The van der Waals surface area contributed by atoms with Crippen molar-refractivity contribution in [3.8, 4) is 0 Å². The standard InChI is InChI=1S/C31H33N3O5/c35-21-20-32-16-18-33(19-17-32)29(36)27-28-30(37)34(22-31(38-27,39-28)25-14-8-3-9-15-25)26(23-10-4-1-5-11-23)24-12-6-2-7-13-24/h1-15,26-28,35H,16-22H2/t27-,28+,31-/m1/s1. The smallest absolute Gasteiger partial charge is 0.256 e. The number of nitrogens with zero attached hydrogens (tertiary/aromatic N) is 3. The number of rotatable bonds is 7. The highest BCUT2D eigenvalue weighted by atomic mass is 16.8. The van der Waals surface area contributed by atoms with E-state index in [0.29, 0.717) is 32.7 Å². The third-order valence-electron chi connectivity index (χ3n) is 7.91. The predicted molar refractivity (Wildman–Crippen MR) is 144 cm³/mol. The van der Waals surface area contributed by atoms with Crippen LogP contribution >= 0.6 is 0 Å². The second-order valence-electron chi connectivity index (χ2n) is 10.3. The second-order valence-corrected chi connectivity index (χ2v) is 10.3. The van der Waals surface area contributed by atoms with Crippen LogP contribution in [0.15, 0.2) is 91.0 Å². The summed E-state index contributed by atoms with van der Waals surface area (Å²) in [7, 11) is 0. The van der Waals surface area contributed by atoms with Gasteiger partial charge >= 0.3 is 0 Å². The first-order valence-electron chi connectivity index (χ1n) is 13.5. The molecule has 3 aromatic carbocycles. The van der Waals surface area contributed by atoms with Gasteiger partial charge in [-0.1, -0.05) is 91.0 Å². The molecule has 0 spiro atoms. The van der Waals surface area contributed by atoms with Crippen LogP contribution in [0, 0.1) is 0 Å². The maximum absolute atomic E-state index is 14.2. The summed E-state index contributed by atoms with van der Waals surface area (Å²) in [4.78, 5) is 33.7. The lowest BCUT2D eigenvalue weighted by molar-refractivity contribution is -0.221. The molecule has 2 bridgehead atoms. The number of carbonyl (C=O) groups excluding carboxylic acids is 2. The summed E-state index contributed by atoms with van der Waals surface area (Å²) >= 11 is 0. The Hall–Kier alpha value is -3.56. The minimum atomic E-state index is -1.26. The molecule has 3 aromatic rings. The van der Waals surface area contributed by atoms with Crippen LogP contribution in [0.2, 0.25) is 0 Å². The first-order chi connectivity index (χ1) is 19.1. The zero-order valence-electron chi connectivity index (χ0n) is 21.8. The number of piperazine rings is 1. The number of β-amino-alcohol motifs (C(OH)–C–C–N with tert-alkyl or cyclic N) is 1. The van der Waals surface area contributed by atoms with Gasteiger partial charge in [0, 0.05) is 38.3 Å². The van der Waals surface area contributed by atoms with Crippen molar-refractivity contribution in [1.82, 2.24) is 14.7 Å². The van der Waals surface area contributed by atoms with E-state index in [-0.39, 0.29) is 31.0 Å². The van der Waals surface area contributed by atoms with Crippen molar-refractivity contribution in [3.63, 3.8) is 0 Å². The summed E-state index contributed by atoms with van der Waals surface area (Å²) in [6.07, 6.45) is -2.10. The molecule has 8 heteroatoms. The van der Waals surface area contributed by atoms with Gasteiger partial charge < -0.3 is 24.4 Å². The Morgan fingerprint density at radius 1 is 0.846 bits per heavy atom. The fourth-order valence-corrected chi connectivity index (χ4v) is 5.94. The number of ether oxygens (including phenoxy) is 2. The zero-order valence-corrected chi connectivity index (χ0v) is 21.8. The van der Waals surface area contributed by atoms with E-state index in [2.05, 4.69) is 4.90 Å². The van der Waals surface area contributed by atoms with Gasteiger partial charge in [0.2, 0.25) is 5.79 Å². The molecule has 39 heavy (non-hydrogen) atoms. The Kier molecular flexibility index (Phi) is 7.18. The maximum atomic E-state index is 14.2. The van der Waals surface area contributed by atoms with E-state index >= 15 is 0 Å². The minimum absolute atomic E-state index is 0.0868. The number of fused-ring (bicyclic) bond motifs is 2. The summed E-state index contributed by atoms with van der Waals surface area (Å²) in [6, 6.07) is 29.1. The quantitative estimate of drug-likeness (QED) is 0.508. The Bertz CT molecular complexity index is 1240. The molecular formula is C31H33N3O5. The lowest BCUT2D eigenvalue weighted by Gasteiger charge is -2.42. The monoisotopic (exact) mass is 527 g/mol. The van der Waals surface area contributed by atoms with Gasteiger partial charge in [-0.2, -0.15) is 0 Å². The van der Waals surface area contributed by atoms with E-state index in [1.807, 2.05) is 95.9 Å². The average Bonchev–Trinajstić information content (AvgIpc) is 3.34. The second kappa shape index (κ2) is 10.9. The molecule has 3 heterocycles. The molecule has 0 aliphatic carbocycles. The molecule has 0 aromatic heterocycles. The van der Waals surface area contributed by atoms with Crippen LogP contribution < -0.4 is 0 Å². The van der Waals surface area contributed by atoms with Crippen molar-refractivity contribution in [1.29, 1.82) is 0 Å². The van der Waals surface area contributed by atoms with E-state index < -0.39 is 18.0 Å². The third kappa shape index (κ3) is 4.85. The molecule has 6 rings (SSSR count). The van der Waals surface area contributed by atoms with Crippen molar-refractivity contribution in [2.75, 3.05) is 45.9 Å². The first kappa shape index (κ1) is 25.7. The highest BCUT2D eigenvalue weighted by molar-refractivity contribution is 5.93. The number of morpholine rings is 1. The fourth-order valence-electron chi connectivity index (χ4n) is 5.94. The van der Waals surface area contributed by atoms with E-state index in [4.69, 9.17) is 9.47 Å². The molecule has 3 aliphatic rings. The van der Waals surface area contributed by atoms with Crippen LogP contribution in [-0.2, 0) is 24.8 Å². The molecule has 0 unspecified atom stereocenters. The maximum Gasteiger partial charge on any atom is 0.256 e. The lowest BCUT2D eigenvalue weighted by atomic mass is 9.94. The molecule has 0 radical (unpaired) electrons. The van der Waals surface area contributed by atoms with Gasteiger partial charge in [0.15, 0.2) is 12.2 Å². The fraction of sp³-hybridized carbons (Fsp3) is 0.355. The Morgan fingerprint density at radius 2 is 1.41 bits per heavy atom. The van der Waals surface area contributed by atoms with Crippen molar-refractivity contribution in [2.24, 2.45) is 0 Å². The molecule has 3 aliphatic heterocycles. The lowest BCUT2D eigenvalue weighted by Crippen LogP contribution is -2.57. The molecular weight excluding hydrogens is 494 g/mol. The molecule has 0 saturated carbocycles. The molecule has 3 saturated heterocycles. The van der Waals surface area contributed by atoms with E-state index in [1.165, 1.54) is 0 Å². The zero-order chi connectivity index (χ0) is 26.8. The van der Waals surface area contributed by atoms with E-state index in [1.54, 1.807) is 4.90 Å². The predicted octanol–water partition coefficient (Wildman–Crippen LogP) is 2.39. The highest BCUT2D eigenvalue weighted by Gasteiger charge is 2.61. The van der Waals surface area contributed by atoms with Crippen LogP contribution in [0.25, 0.3) is 0 Å². The van der Waals surface area contributed by atoms with Crippen molar-refractivity contribution in [2.45, 2.75) is 24.0 Å². The Balaban J connectivity index is 1.36. The van der Waals surface area contributed by atoms with Crippen molar-refractivity contribution < 1.29 is 24.2 Å². The van der Waals surface area contributed by atoms with Gasteiger partial charge in [-0.25, -0.2) is 0 Å². The SMILES string of the molecule is O=C([C@@H]1O[C@]2(c3ccccc3)CN(C(c3ccccc3)c3ccccc3)C(=O)[C@H]1O2)N1CCN(CCO)CC1. The summed E-state index contributed by atoms with van der Waals surface area (Å²) in [5, 5.41) is 9.27. The number of hydrogen-bond acceptors (Lipinski definition) is 6. The summed E-state index contributed by atoms with van der Waals surface area (Å²) in [6.45, 7) is 3.17. The Labute approximate surface area is 228 Å². The first-order valence-corrected chi connectivity index (χ1v) is 13.5. The number of benzene rings is 3. The number of aliphatic hydroxyl groups excluding tert-OH is 1. The minimum Gasteiger partial charge on any atom is -0.395 e. The average molecular weight is 528 g/mol. The van der Waals surface area contributed by atoms with Crippen LogP contribution in [0.3, 0.4) is 0 Å². The highest BCUT2D eigenvalue weighted by Crippen LogP contribution is 2.46. The molecule has 3 fully saturated rings. The van der Waals surface area contributed by atoms with Gasteiger partial charge in [-0.3, -0.25) is 14.5 Å². The normalized spacial score (nSPS) is 25.3. The summed E-state index contributed by atoms with van der Waals surface area (Å²) < 4.78 is 13.0. The van der Waals surface area contributed by atoms with Gasteiger partial charge in [0.25, 0.3) is 11.8 Å². The van der Waals surface area contributed by atoms with Gasteiger partial charge in [0.05, 0.1) is 19.2 Å². The summed E-state index contributed by atoms with van der Waals surface area (Å²) in [5.41, 5.74) is 2.73. The molecule has 8 nitrogen and oxygen atoms in total. The molecule has 202 valence electrons. The van der Waals surface area contributed by atoms with E-state index in [9.17, 15) is 14.7 Å². The largest absolute Gasteiger partial charge is 0.395 e.